The fourth-order valence-corrected chi connectivity index (χ4v) is 13.6. The standard InChI is InChI=1S/C34H74N2O6Si4/c1-11-39-33(43(3)4)17-21-35-19-15-25-45(7,8)41-31(27-35)29-37-23-13-14-24-38-30-32-28-36(20-16-26-46(9,10)42-32)22-18-34(40-12-2)44(5)6/h31-34H,11-30H2,1-10H3. The van der Waals surface area contributed by atoms with Crippen LogP contribution in [0.15, 0.2) is 0 Å². The van der Waals surface area contributed by atoms with Crippen molar-refractivity contribution < 1.29 is 27.8 Å². The molecule has 4 unspecified atom stereocenters. The maximum Gasteiger partial charge on any atom is 0.187 e. The lowest BCUT2D eigenvalue weighted by Crippen LogP contribution is -2.48. The summed E-state index contributed by atoms with van der Waals surface area (Å²) < 4.78 is 38.0. The Morgan fingerprint density at radius 2 is 1.07 bits per heavy atom. The maximum atomic E-state index is 6.72. The van der Waals surface area contributed by atoms with Crippen LogP contribution in [0.3, 0.4) is 0 Å². The Bertz CT molecular complexity index is 720. The molecule has 2 radical (unpaired) electrons. The lowest BCUT2D eigenvalue weighted by molar-refractivity contribution is 0.00656. The van der Waals surface area contributed by atoms with Crippen LogP contribution in [0.1, 0.15) is 52.4 Å². The van der Waals surface area contributed by atoms with Crippen LogP contribution in [-0.2, 0) is 27.8 Å². The monoisotopic (exact) mass is 718 g/mol. The fourth-order valence-electron chi connectivity index (χ4n) is 6.81. The van der Waals surface area contributed by atoms with E-state index in [1.165, 1.54) is 24.9 Å². The average Bonchev–Trinajstić information content (AvgIpc) is 2.95. The second-order valence-corrected chi connectivity index (χ2v) is 29.4. The van der Waals surface area contributed by atoms with Gasteiger partial charge in [-0.05, 0) is 104 Å². The Morgan fingerprint density at radius 3 is 1.41 bits per heavy atom. The molecule has 0 saturated carbocycles. The first-order valence-corrected chi connectivity index (χ1v) is 30.0. The van der Waals surface area contributed by atoms with E-state index < -0.39 is 34.2 Å². The normalized spacial score (nSPS) is 24.8. The summed E-state index contributed by atoms with van der Waals surface area (Å²) in [5, 5.41) is 0. The topological polar surface area (TPSA) is 61.9 Å². The summed E-state index contributed by atoms with van der Waals surface area (Å²) in [6.45, 7) is 34.2. The number of rotatable bonds is 21. The van der Waals surface area contributed by atoms with Crippen molar-refractivity contribution in [3.05, 3.63) is 0 Å². The van der Waals surface area contributed by atoms with Crippen molar-refractivity contribution in [3.8, 4) is 0 Å². The predicted octanol–water partition coefficient (Wildman–Crippen LogP) is 6.57. The lowest BCUT2D eigenvalue weighted by Gasteiger charge is -2.37. The van der Waals surface area contributed by atoms with Gasteiger partial charge in [-0.2, -0.15) is 0 Å². The quantitative estimate of drug-likeness (QED) is 0.0977. The summed E-state index contributed by atoms with van der Waals surface area (Å²) in [6.07, 6.45) is 7.07. The van der Waals surface area contributed by atoms with Gasteiger partial charge in [-0.1, -0.05) is 26.2 Å². The van der Waals surface area contributed by atoms with Crippen LogP contribution < -0.4 is 0 Å². The molecule has 0 aromatic carbocycles. The van der Waals surface area contributed by atoms with E-state index in [-0.39, 0.29) is 12.2 Å². The number of hydrogen-bond donors (Lipinski definition) is 0. The molecular weight excluding hydrogens is 645 g/mol. The van der Waals surface area contributed by atoms with E-state index in [0.29, 0.717) is 24.7 Å². The highest BCUT2D eigenvalue weighted by Crippen LogP contribution is 2.23. The third kappa shape index (κ3) is 18.5. The average molecular weight is 719 g/mol. The minimum absolute atomic E-state index is 0.162. The molecule has 2 rings (SSSR count). The van der Waals surface area contributed by atoms with Crippen molar-refractivity contribution in [2.75, 3.05) is 78.9 Å². The molecule has 0 aromatic rings. The third-order valence-electron chi connectivity index (χ3n) is 9.27. The van der Waals surface area contributed by atoms with Crippen molar-refractivity contribution >= 4 is 34.2 Å². The van der Waals surface area contributed by atoms with Gasteiger partial charge >= 0.3 is 0 Å². The van der Waals surface area contributed by atoms with Crippen molar-refractivity contribution in [1.29, 1.82) is 0 Å². The molecule has 2 fully saturated rings. The van der Waals surface area contributed by atoms with E-state index in [1.54, 1.807) is 0 Å². The summed E-state index contributed by atoms with van der Waals surface area (Å²) >= 11 is 0. The second kappa shape index (κ2) is 23.1. The molecule has 4 atom stereocenters. The maximum absolute atomic E-state index is 6.72. The van der Waals surface area contributed by atoms with Gasteiger partial charge in [0.15, 0.2) is 16.6 Å². The van der Waals surface area contributed by atoms with Crippen LogP contribution >= 0.6 is 0 Å². The Morgan fingerprint density at radius 1 is 0.674 bits per heavy atom. The molecule has 2 aliphatic rings. The summed E-state index contributed by atoms with van der Waals surface area (Å²) in [7, 11) is -4.21. The molecule has 0 amide bonds. The minimum Gasteiger partial charge on any atom is -0.411 e. The first kappa shape index (κ1) is 42.7. The molecule has 2 heterocycles. The SMILES string of the molecule is CCOC(CCN1CCC[Si](C)(C)OC(COCCCCOCC2CN(CCC(OCC)[Si](C)C)CCC[Si](C)(C)O2)C1)[Si](C)C. The number of ether oxygens (including phenoxy) is 4. The van der Waals surface area contributed by atoms with Gasteiger partial charge in [-0.3, -0.25) is 0 Å². The van der Waals surface area contributed by atoms with Crippen LogP contribution in [0.25, 0.3) is 0 Å². The summed E-state index contributed by atoms with van der Waals surface area (Å²) in [5.74, 6) is 0. The predicted molar refractivity (Wildman–Crippen MR) is 202 cm³/mol. The first-order chi connectivity index (χ1) is 21.8. The van der Waals surface area contributed by atoms with Gasteiger partial charge < -0.3 is 37.6 Å². The van der Waals surface area contributed by atoms with Gasteiger partial charge in [0.2, 0.25) is 0 Å². The smallest absolute Gasteiger partial charge is 0.187 e. The lowest BCUT2D eigenvalue weighted by atomic mass is 10.2. The highest BCUT2D eigenvalue weighted by molar-refractivity contribution is 6.71. The van der Waals surface area contributed by atoms with Crippen LogP contribution in [0, 0.1) is 0 Å². The second-order valence-electron chi connectivity index (χ2n) is 15.3. The number of unbranched alkanes of at least 4 members (excludes halogenated alkanes) is 1. The molecule has 0 aromatic heterocycles. The van der Waals surface area contributed by atoms with E-state index in [1.807, 2.05) is 0 Å². The number of nitrogens with zero attached hydrogens (tertiary/aromatic N) is 2. The largest absolute Gasteiger partial charge is 0.411 e. The molecule has 2 aliphatic heterocycles. The number of hydrogen-bond acceptors (Lipinski definition) is 8. The third-order valence-corrected chi connectivity index (χ3v) is 17.8. The Balaban J connectivity index is 1.73. The van der Waals surface area contributed by atoms with Crippen LogP contribution in [-0.4, -0.2) is 147 Å². The van der Waals surface area contributed by atoms with E-state index in [4.69, 9.17) is 27.8 Å². The molecule has 0 spiro atoms. The van der Waals surface area contributed by atoms with Crippen molar-refractivity contribution in [2.45, 2.75) is 140 Å². The zero-order chi connectivity index (χ0) is 34.0. The summed E-state index contributed by atoms with van der Waals surface area (Å²) in [5.41, 5.74) is 0.860. The fraction of sp³-hybridized carbons (Fsp3) is 1.00. The van der Waals surface area contributed by atoms with Gasteiger partial charge in [0.25, 0.3) is 0 Å². The highest BCUT2D eigenvalue weighted by Gasteiger charge is 2.32. The molecule has 0 N–H and O–H groups in total. The highest BCUT2D eigenvalue weighted by atomic mass is 28.4. The molecule has 2 saturated heterocycles. The van der Waals surface area contributed by atoms with Gasteiger partial charge in [0.05, 0.1) is 43.0 Å². The summed E-state index contributed by atoms with van der Waals surface area (Å²) in [6, 6.07) is 2.44. The molecular formula is C34H74N2O6Si4. The van der Waals surface area contributed by atoms with E-state index >= 15 is 0 Å². The first-order valence-electron chi connectivity index (χ1n) is 18.6. The molecule has 0 aliphatic carbocycles. The van der Waals surface area contributed by atoms with Gasteiger partial charge in [0.1, 0.15) is 0 Å². The zero-order valence-electron chi connectivity index (χ0n) is 31.8. The molecule has 46 heavy (non-hydrogen) atoms. The van der Waals surface area contributed by atoms with Crippen molar-refractivity contribution in [2.24, 2.45) is 0 Å². The van der Waals surface area contributed by atoms with Crippen LogP contribution in [0.2, 0.25) is 64.5 Å². The van der Waals surface area contributed by atoms with E-state index in [9.17, 15) is 0 Å². The Hall–Kier alpha value is 0.548. The van der Waals surface area contributed by atoms with E-state index in [0.717, 1.165) is 91.4 Å². The Labute approximate surface area is 290 Å². The molecule has 12 heteroatoms. The minimum atomic E-state index is -1.65. The molecule has 0 bridgehead atoms. The molecule has 272 valence electrons. The Kier molecular flexibility index (Phi) is 21.5. The van der Waals surface area contributed by atoms with Gasteiger partial charge in [-0.15, -0.1) is 0 Å². The summed E-state index contributed by atoms with van der Waals surface area (Å²) in [4.78, 5) is 5.21. The van der Waals surface area contributed by atoms with Gasteiger partial charge in [0, 0.05) is 64.1 Å². The molecule has 8 nitrogen and oxygen atoms in total. The van der Waals surface area contributed by atoms with Crippen LogP contribution in [0.4, 0.5) is 0 Å². The van der Waals surface area contributed by atoms with Crippen molar-refractivity contribution in [3.63, 3.8) is 0 Å². The van der Waals surface area contributed by atoms with E-state index in [2.05, 4.69) is 76.0 Å². The van der Waals surface area contributed by atoms with Crippen LogP contribution in [0.5, 0.6) is 0 Å². The van der Waals surface area contributed by atoms with Gasteiger partial charge in [-0.25, -0.2) is 0 Å². The van der Waals surface area contributed by atoms with Crippen molar-refractivity contribution in [1.82, 2.24) is 9.80 Å². The zero-order valence-corrected chi connectivity index (χ0v) is 35.8.